The molecule has 0 aliphatic carbocycles. The van der Waals surface area contributed by atoms with Gasteiger partial charge in [-0.3, -0.25) is 4.72 Å². The molecule has 10 heteroatoms. The molecular weight excluding hydrogens is 366 g/mol. The summed E-state index contributed by atoms with van der Waals surface area (Å²) in [5, 5.41) is 2.41. The Kier molecular flexibility index (Phi) is 5.33. The van der Waals surface area contributed by atoms with Crippen LogP contribution in [-0.4, -0.2) is 29.1 Å². The van der Waals surface area contributed by atoms with Gasteiger partial charge in [0.15, 0.2) is 0 Å². The molecule has 0 atom stereocenters. The van der Waals surface area contributed by atoms with E-state index in [4.69, 9.17) is 0 Å². The number of hydrogen-bond donors (Lipinski definition) is 3. The molecule has 0 bridgehead atoms. The summed E-state index contributed by atoms with van der Waals surface area (Å²) in [6.07, 6.45) is 0.946. The van der Waals surface area contributed by atoms with Gasteiger partial charge in [-0.2, -0.15) is 0 Å². The van der Waals surface area contributed by atoms with E-state index >= 15 is 0 Å². The molecular formula is C15H17N3O5S2. The molecule has 2 amide bonds. The Balaban J connectivity index is 2.14. The highest BCUT2D eigenvalue weighted by Gasteiger charge is 2.18. The summed E-state index contributed by atoms with van der Waals surface area (Å²) >= 11 is 0. The average molecular weight is 383 g/mol. The van der Waals surface area contributed by atoms with Crippen LogP contribution in [0.1, 0.15) is 5.56 Å². The summed E-state index contributed by atoms with van der Waals surface area (Å²) in [5.41, 5.74) is 1.50. The van der Waals surface area contributed by atoms with Crippen LogP contribution < -0.4 is 14.8 Å². The molecule has 0 unspecified atom stereocenters. The van der Waals surface area contributed by atoms with Gasteiger partial charge in [0.05, 0.1) is 11.2 Å². The molecule has 0 radical (unpaired) electrons. The number of amides is 2. The van der Waals surface area contributed by atoms with Gasteiger partial charge in [0.2, 0.25) is 10.0 Å². The highest BCUT2D eigenvalue weighted by molar-refractivity contribution is 7.92. The quantitative estimate of drug-likeness (QED) is 0.728. The highest BCUT2D eigenvalue weighted by atomic mass is 32.2. The lowest BCUT2D eigenvalue weighted by molar-refractivity contribution is 0.256. The van der Waals surface area contributed by atoms with Crippen molar-refractivity contribution in [2.24, 2.45) is 0 Å². The minimum absolute atomic E-state index is 0.0734. The summed E-state index contributed by atoms with van der Waals surface area (Å²) in [6, 6.07) is 11.0. The SMILES string of the molecule is Cc1ccc(NC(=O)NS(=O)(=O)c2cccc(NS(C)(=O)=O)c2)cc1. The smallest absolute Gasteiger partial charge is 0.307 e. The summed E-state index contributed by atoms with van der Waals surface area (Å²) < 4.78 is 51.0. The largest absolute Gasteiger partial charge is 0.333 e. The fraction of sp³-hybridized carbons (Fsp3) is 0.133. The van der Waals surface area contributed by atoms with Crippen molar-refractivity contribution in [3.05, 3.63) is 54.1 Å². The molecule has 0 heterocycles. The molecule has 134 valence electrons. The third-order valence-electron chi connectivity index (χ3n) is 2.98. The number of urea groups is 1. The molecule has 0 spiro atoms. The van der Waals surface area contributed by atoms with Crippen LogP contribution in [-0.2, 0) is 20.0 Å². The molecule has 3 N–H and O–H groups in total. The van der Waals surface area contributed by atoms with Gasteiger partial charge in [0, 0.05) is 11.4 Å². The predicted octanol–water partition coefficient (Wildman–Crippen LogP) is 1.88. The van der Waals surface area contributed by atoms with Gasteiger partial charge >= 0.3 is 6.03 Å². The molecule has 0 aliphatic rings. The van der Waals surface area contributed by atoms with E-state index in [0.717, 1.165) is 17.9 Å². The number of nitrogens with one attached hydrogen (secondary N) is 3. The topological polar surface area (TPSA) is 121 Å². The highest BCUT2D eigenvalue weighted by Crippen LogP contribution is 2.16. The van der Waals surface area contributed by atoms with E-state index in [1.54, 1.807) is 24.3 Å². The summed E-state index contributed by atoms with van der Waals surface area (Å²) in [4.78, 5) is 11.6. The van der Waals surface area contributed by atoms with Gasteiger partial charge < -0.3 is 5.32 Å². The number of anilines is 2. The van der Waals surface area contributed by atoms with Crippen molar-refractivity contribution in [3.8, 4) is 0 Å². The third-order valence-corrected chi connectivity index (χ3v) is 4.92. The van der Waals surface area contributed by atoms with Gasteiger partial charge in [-0.05, 0) is 37.3 Å². The van der Waals surface area contributed by atoms with E-state index in [-0.39, 0.29) is 10.6 Å². The van der Waals surface area contributed by atoms with Crippen LogP contribution in [0.5, 0.6) is 0 Å². The van der Waals surface area contributed by atoms with Crippen molar-refractivity contribution in [1.29, 1.82) is 0 Å². The normalized spacial score (nSPS) is 11.6. The van der Waals surface area contributed by atoms with Crippen LogP contribution in [0.2, 0.25) is 0 Å². The van der Waals surface area contributed by atoms with E-state index in [0.29, 0.717) is 5.69 Å². The first-order valence-corrected chi connectivity index (χ1v) is 10.4. The number of sulfonamides is 2. The molecule has 0 saturated carbocycles. The first kappa shape index (κ1) is 18.7. The van der Waals surface area contributed by atoms with Gasteiger partial charge in [-0.25, -0.2) is 26.4 Å². The fourth-order valence-electron chi connectivity index (χ4n) is 1.92. The van der Waals surface area contributed by atoms with Gasteiger partial charge in [-0.15, -0.1) is 0 Å². The van der Waals surface area contributed by atoms with Crippen LogP contribution in [0.4, 0.5) is 16.2 Å². The maximum atomic E-state index is 12.3. The molecule has 0 fully saturated rings. The third kappa shape index (κ3) is 5.76. The lowest BCUT2D eigenvalue weighted by Gasteiger charge is -2.10. The van der Waals surface area contributed by atoms with E-state index in [1.165, 1.54) is 18.2 Å². The van der Waals surface area contributed by atoms with Crippen LogP contribution >= 0.6 is 0 Å². The average Bonchev–Trinajstić information content (AvgIpc) is 2.47. The molecule has 0 saturated heterocycles. The number of carbonyl (C=O) groups is 1. The van der Waals surface area contributed by atoms with E-state index in [2.05, 4.69) is 10.0 Å². The monoisotopic (exact) mass is 383 g/mol. The standard InChI is InChI=1S/C15H17N3O5S2/c1-11-6-8-12(9-7-11)16-15(19)18-25(22,23)14-5-3-4-13(10-14)17-24(2,20)21/h3-10,17H,1-2H3,(H2,16,18,19). The van der Waals surface area contributed by atoms with Crippen molar-refractivity contribution in [2.45, 2.75) is 11.8 Å². The molecule has 2 aromatic rings. The second kappa shape index (κ2) is 7.11. The van der Waals surface area contributed by atoms with Crippen molar-refractivity contribution < 1.29 is 21.6 Å². The zero-order chi connectivity index (χ0) is 18.7. The van der Waals surface area contributed by atoms with Gasteiger partial charge in [0.25, 0.3) is 10.0 Å². The van der Waals surface area contributed by atoms with E-state index < -0.39 is 26.1 Å². The molecule has 0 aliphatic heterocycles. The van der Waals surface area contributed by atoms with E-state index in [1.807, 2.05) is 11.6 Å². The first-order chi connectivity index (χ1) is 11.5. The number of aryl methyl sites for hydroxylation is 1. The fourth-order valence-corrected chi connectivity index (χ4v) is 3.42. The predicted molar refractivity (Wildman–Crippen MR) is 95.4 cm³/mol. The lowest BCUT2D eigenvalue weighted by Crippen LogP contribution is -2.34. The minimum atomic E-state index is -4.16. The molecule has 2 rings (SSSR count). The van der Waals surface area contributed by atoms with Crippen molar-refractivity contribution >= 4 is 37.5 Å². The Hall–Kier alpha value is -2.59. The Morgan fingerprint density at radius 3 is 2.16 bits per heavy atom. The Morgan fingerprint density at radius 2 is 1.56 bits per heavy atom. The molecule has 0 aromatic heterocycles. The van der Waals surface area contributed by atoms with Gasteiger partial charge in [-0.1, -0.05) is 23.8 Å². The number of rotatable bonds is 5. The zero-order valence-electron chi connectivity index (χ0n) is 13.5. The zero-order valence-corrected chi connectivity index (χ0v) is 15.1. The van der Waals surface area contributed by atoms with Crippen molar-refractivity contribution in [3.63, 3.8) is 0 Å². The number of carbonyl (C=O) groups excluding carboxylic acids is 1. The number of hydrogen-bond acceptors (Lipinski definition) is 5. The Bertz CT molecular complexity index is 984. The van der Waals surface area contributed by atoms with Gasteiger partial charge in [0.1, 0.15) is 0 Å². The van der Waals surface area contributed by atoms with Crippen LogP contribution in [0.15, 0.2) is 53.4 Å². The maximum Gasteiger partial charge on any atom is 0.333 e. The number of benzene rings is 2. The second-order valence-electron chi connectivity index (χ2n) is 5.33. The Morgan fingerprint density at radius 1 is 0.920 bits per heavy atom. The minimum Gasteiger partial charge on any atom is -0.307 e. The molecule has 25 heavy (non-hydrogen) atoms. The van der Waals surface area contributed by atoms with E-state index in [9.17, 15) is 21.6 Å². The van der Waals surface area contributed by atoms with Crippen molar-refractivity contribution in [2.75, 3.05) is 16.3 Å². The van der Waals surface area contributed by atoms with Crippen LogP contribution in [0, 0.1) is 6.92 Å². The summed E-state index contributed by atoms with van der Waals surface area (Å²) in [5.74, 6) is 0. The Labute approximate surface area is 146 Å². The molecule has 2 aromatic carbocycles. The van der Waals surface area contributed by atoms with Crippen LogP contribution in [0.25, 0.3) is 0 Å². The second-order valence-corrected chi connectivity index (χ2v) is 8.76. The summed E-state index contributed by atoms with van der Waals surface area (Å²) in [6.45, 7) is 1.88. The van der Waals surface area contributed by atoms with Crippen LogP contribution in [0.3, 0.4) is 0 Å². The maximum absolute atomic E-state index is 12.3. The lowest BCUT2D eigenvalue weighted by atomic mass is 10.2. The summed E-state index contributed by atoms with van der Waals surface area (Å²) in [7, 11) is -7.71. The molecule has 8 nitrogen and oxygen atoms in total. The first-order valence-electron chi connectivity index (χ1n) is 7.03. The van der Waals surface area contributed by atoms with Crippen molar-refractivity contribution in [1.82, 2.24) is 4.72 Å².